The van der Waals surface area contributed by atoms with Gasteiger partial charge in [0.05, 0.1) is 11.1 Å². The Balaban J connectivity index is 2.20. The minimum absolute atomic E-state index is 0.0109. The molecule has 0 aliphatic carbocycles. The van der Waals surface area contributed by atoms with E-state index in [0.717, 1.165) is 29.0 Å². The zero-order chi connectivity index (χ0) is 15.9. The predicted octanol–water partition coefficient (Wildman–Crippen LogP) is 3.88. The second kappa shape index (κ2) is 4.94. The molecule has 0 atom stereocenters. The number of nitrogens with zero attached hydrogens (tertiary/aromatic N) is 2. The van der Waals surface area contributed by atoms with E-state index in [2.05, 4.69) is 4.98 Å². The Kier molecular flexibility index (Phi) is 3.20. The maximum atomic E-state index is 13.8. The van der Waals surface area contributed by atoms with Crippen LogP contribution in [0.5, 0.6) is 0 Å². The van der Waals surface area contributed by atoms with Crippen LogP contribution in [0.4, 0.5) is 17.6 Å². The molecule has 2 aromatic heterocycles. The van der Waals surface area contributed by atoms with Gasteiger partial charge in [-0.1, -0.05) is 6.07 Å². The minimum Gasteiger partial charge on any atom is -0.279 e. The van der Waals surface area contributed by atoms with Gasteiger partial charge in [-0.3, -0.25) is 14.3 Å². The molecule has 0 unspecified atom stereocenters. The molecular weight excluding hydrogens is 300 g/mol. The average molecular weight is 308 g/mol. The van der Waals surface area contributed by atoms with E-state index in [-0.39, 0.29) is 16.6 Å². The Hall–Kier alpha value is -2.70. The first kappa shape index (κ1) is 14.2. The molecular formula is C15H8F4N2O. The maximum Gasteiger partial charge on any atom is 0.416 e. The Labute approximate surface area is 121 Å². The third kappa shape index (κ3) is 2.34. The summed E-state index contributed by atoms with van der Waals surface area (Å²) in [5.74, 6) is -1.47. The van der Waals surface area contributed by atoms with E-state index in [1.54, 1.807) is 12.1 Å². The molecule has 7 heteroatoms. The first-order valence-electron chi connectivity index (χ1n) is 6.21. The van der Waals surface area contributed by atoms with Crippen molar-refractivity contribution in [2.24, 2.45) is 0 Å². The van der Waals surface area contributed by atoms with Crippen LogP contribution in [-0.2, 0) is 6.18 Å². The van der Waals surface area contributed by atoms with Gasteiger partial charge in [-0.15, -0.1) is 0 Å². The zero-order valence-corrected chi connectivity index (χ0v) is 10.9. The van der Waals surface area contributed by atoms with Gasteiger partial charge in [-0.2, -0.15) is 13.2 Å². The standard InChI is InChI=1S/C15H8F4N2O/c16-11-8-21(14(22)12-3-1-2-6-20-12)13-7-9(15(17,18)19)4-5-10(11)13/h1-8H. The molecule has 0 bridgehead atoms. The van der Waals surface area contributed by atoms with Crippen LogP contribution in [0.15, 0.2) is 48.8 Å². The van der Waals surface area contributed by atoms with E-state index in [4.69, 9.17) is 0 Å². The molecule has 0 aliphatic heterocycles. The van der Waals surface area contributed by atoms with Gasteiger partial charge >= 0.3 is 6.18 Å². The van der Waals surface area contributed by atoms with Crippen LogP contribution in [0.2, 0.25) is 0 Å². The summed E-state index contributed by atoms with van der Waals surface area (Å²) in [6.45, 7) is 0. The molecule has 0 saturated heterocycles. The number of pyridine rings is 1. The van der Waals surface area contributed by atoms with Gasteiger partial charge in [0.25, 0.3) is 5.91 Å². The third-order valence-corrected chi connectivity index (χ3v) is 3.19. The van der Waals surface area contributed by atoms with Crippen LogP contribution < -0.4 is 0 Å². The van der Waals surface area contributed by atoms with Crippen molar-refractivity contribution in [3.8, 4) is 0 Å². The van der Waals surface area contributed by atoms with E-state index < -0.39 is 23.5 Å². The summed E-state index contributed by atoms with van der Waals surface area (Å²) in [6, 6.07) is 7.09. The van der Waals surface area contributed by atoms with Gasteiger partial charge in [0.2, 0.25) is 0 Å². The van der Waals surface area contributed by atoms with Crippen molar-refractivity contribution in [1.29, 1.82) is 0 Å². The molecule has 0 saturated carbocycles. The van der Waals surface area contributed by atoms with Gasteiger partial charge in [0.1, 0.15) is 11.5 Å². The summed E-state index contributed by atoms with van der Waals surface area (Å²) in [7, 11) is 0. The van der Waals surface area contributed by atoms with E-state index in [0.29, 0.717) is 0 Å². The number of aromatic nitrogens is 2. The van der Waals surface area contributed by atoms with Crippen molar-refractivity contribution in [2.45, 2.75) is 6.18 Å². The first-order chi connectivity index (χ1) is 10.4. The van der Waals surface area contributed by atoms with Crippen LogP contribution in [0, 0.1) is 5.82 Å². The van der Waals surface area contributed by atoms with Crippen LogP contribution in [-0.4, -0.2) is 15.5 Å². The topological polar surface area (TPSA) is 34.9 Å². The fourth-order valence-electron chi connectivity index (χ4n) is 2.14. The first-order valence-corrected chi connectivity index (χ1v) is 6.21. The van der Waals surface area contributed by atoms with Crippen molar-refractivity contribution < 1.29 is 22.4 Å². The molecule has 0 aliphatic rings. The Morgan fingerprint density at radius 1 is 1.14 bits per heavy atom. The van der Waals surface area contributed by atoms with E-state index in [1.807, 2.05) is 0 Å². The quantitative estimate of drug-likeness (QED) is 0.639. The molecule has 3 nitrogen and oxygen atoms in total. The Morgan fingerprint density at radius 2 is 1.91 bits per heavy atom. The van der Waals surface area contributed by atoms with Crippen LogP contribution in [0.1, 0.15) is 16.1 Å². The molecule has 1 aromatic carbocycles. The normalized spacial score (nSPS) is 11.8. The van der Waals surface area contributed by atoms with Crippen LogP contribution in [0.3, 0.4) is 0 Å². The van der Waals surface area contributed by atoms with Crippen molar-refractivity contribution in [3.05, 3.63) is 65.9 Å². The van der Waals surface area contributed by atoms with E-state index >= 15 is 0 Å². The summed E-state index contributed by atoms with van der Waals surface area (Å²) in [4.78, 5) is 16.1. The largest absolute Gasteiger partial charge is 0.416 e. The lowest BCUT2D eigenvalue weighted by atomic mass is 10.1. The molecule has 3 aromatic rings. The van der Waals surface area contributed by atoms with Crippen molar-refractivity contribution in [2.75, 3.05) is 0 Å². The Bertz CT molecular complexity index is 853. The van der Waals surface area contributed by atoms with Gasteiger partial charge in [-0.25, -0.2) is 4.39 Å². The SMILES string of the molecule is O=C(c1ccccn1)n1cc(F)c2ccc(C(F)(F)F)cc21. The van der Waals surface area contributed by atoms with Crippen LogP contribution in [0.25, 0.3) is 10.9 Å². The molecule has 0 N–H and O–H groups in total. The average Bonchev–Trinajstić information content (AvgIpc) is 2.83. The molecule has 22 heavy (non-hydrogen) atoms. The maximum absolute atomic E-state index is 13.8. The fourth-order valence-corrected chi connectivity index (χ4v) is 2.14. The predicted molar refractivity (Wildman–Crippen MR) is 70.9 cm³/mol. The summed E-state index contributed by atoms with van der Waals surface area (Å²) in [5, 5.41) is -0.0581. The zero-order valence-electron chi connectivity index (χ0n) is 10.9. The minimum atomic E-state index is -4.58. The number of hydrogen-bond acceptors (Lipinski definition) is 2. The van der Waals surface area contributed by atoms with E-state index in [1.165, 1.54) is 12.3 Å². The van der Waals surface area contributed by atoms with Crippen molar-refractivity contribution in [1.82, 2.24) is 9.55 Å². The summed E-state index contributed by atoms with van der Waals surface area (Å²) < 4.78 is 53.0. The van der Waals surface area contributed by atoms with Gasteiger partial charge in [-0.05, 0) is 30.3 Å². The number of halogens is 4. The lowest BCUT2D eigenvalue weighted by molar-refractivity contribution is -0.137. The van der Waals surface area contributed by atoms with Crippen LogP contribution >= 0.6 is 0 Å². The number of alkyl halides is 3. The molecule has 2 heterocycles. The lowest BCUT2D eigenvalue weighted by Crippen LogP contribution is -2.13. The van der Waals surface area contributed by atoms with Gasteiger partial charge < -0.3 is 0 Å². The smallest absolute Gasteiger partial charge is 0.279 e. The second-order valence-electron chi connectivity index (χ2n) is 4.60. The molecule has 0 spiro atoms. The summed E-state index contributed by atoms with van der Waals surface area (Å²) >= 11 is 0. The number of benzene rings is 1. The number of carbonyl (C=O) groups excluding carboxylic acids is 1. The number of carbonyl (C=O) groups is 1. The van der Waals surface area contributed by atoms with Gasteiger partial charge in [0.15, 0.2) is 0 Å². The monoisotopic (exact) mass is 308 g/mol. The van der Waals surface area contributed by atoms with E-state index in [9.17, 15) is 22.4 Å². The lowest BCUT2D eigenvalue weighted by Gasteiger charge is -2.08. The molecule has 0 amide bonds. The molecule has 0 fully saturated rings. The summed E-state index contributed by atoms with van der Waals surface area (Å²) in [5.41, 5.74) is -1.09. The molecule has 3 rings (SSSR count). The third-order valence-electron chi connectivity index (χ3n) is 3.19. The highest BCUT2D eigenvalue weighted by Gasteiger charge is 2.31. The fraction of sp³-hybridized carbons (Fsp3) is 0.0667. The van der Waals surface area contributed by atoms with Gasteiger partial charge in [0, 0.05) is 17.8 Å². The number of hydrogen-bond donors (Lipinski definition) is 0. The highest BCUT2D eigenvalue weighted by molar-refractivity contribution is 6.01. The number of fused-ring (bicyclic) bond motifs is 1. The summed E-state index contributed by atoms with van der Waals surface area (Å²) in [6.07, 6.45) is -2.34. The highest BCUT2D eigenvalue weighted by Crippen LogP contribution is 2.32. The van der Waals surface area contributed by atoms with Crippen molar-refractivity contribution >= 4 is 16.8 Å². The second-order valence-corrected chi connectivity index (χ2v) is 4.60. The van der Waals surface area contributed by atoms with Crippen molar-refractivity contribution in [3.63, 3.8) is 0 Å². The number of rotatable bonds is 1. The molecule has 0 radical (unpaired) electrons. The highest BCUT2D eigenvalue weighted by atomic mass is 19.4. The Morgan fingerprint density at radius 3 is 2.55 bits per heavy atom. The molecule has 112 valence electrons.